The summed E-state index contributed by atoms with van der Waals surface area (Å²) in [6.07, 6.45) is 21.7. The number of oxime groups is 1. The maximum absolute atomic E-state index is 6.17. The van der Waals surface area contributed by atoms with Gasteiger partial charge in [-0.05, 0) is 109 Å². The second-order valence-corrected chi connectivity index (χ2v) is 11.8. The Morgan fingerprint density at radius 3 is 2.47 bits per heavy atom. The second-order valence-electron chi connectivity index (χ2n) is 11.8. The summed E-state index contributed by atoms with van der Waals surface area (Å²) < 4.78 is 0. The number of unbranched alkanes of at least 4 members (excludes halogenated alkanes) is 1. The first-order valence-corrected chi connectivity index (χ1v) is 14.7. The van der Waals surface area contributed by atoms with Crippen LogP contribution in [0.15, 0.2) is 40.7 Å². The van der Waals surface area contributed by atoms with Crippen LogP contribution in [0.3, 0.4) is 0 Å². The molecule has 1 N–H and O–H groups in total. The average Bonchev–Trinajstić information content (AvgIpc) is 3.73. The summed E-state index contributed by atoms with van der Waals surface area (Å²) in [5.41, 5.74) is 3.90. The molecule has 2 heterocycles. The van der Waals surface area contributed by atoms with E-state index in [-0.39, 0.29) is 5.41 Å². The van der Waals surface area contributed by atoms with Gasteiger partial charge in [0.1, 0.15) is 6.61 Å². The third kappa shape index (κ3) is 9.37. The first-order valence-electron chi connectivity index (χ1n) is 14.7. The Morgan fingerprint density at radius 1 is 1.11 bits per heavy atom. The number of nitrogens with one attached hydrogen (secondary N) is 1. The zero-order chi connectivity index (χ0) is 25.8. The molecule has 3 rings (SSSR count). The van der Waals surface area contributed by atoms with Crippen molar-refractivity contribution in [1.82, 2.24) is 15.1 Å². The fourth-order valence-corrected chi connectivity index (χ4v) is 5.62. The van der Waals surface area contributed by atoms with Crippen molar-refractivity contribution in [2.24, 2.45) is 22.4 Å². The van der Waals surface area contributed by atoms with Crippen molar-refractivity contribution in [1.29, 1.82) is 0 Å². The third-order valence-corrected chi connectivity index (χ3v) is 8.62. The minimum Gasteiger partial charge on any atom is -0.395 e. The SMILES string of the molecule is CCC/C=C/C(=C\C=C(/C)N(C)C)CC1(/C(C)=N/OCC(CN2CCCCC2)C2CC2)CCNCC1. The van der Waals surface area contributed by atoms with Gasteiger partial charge in [0, 0.05) is 37.7 Å². The fraction of sp³-hybridized carbons (Fsp3) is 0.774. The molecule has 0 aromatic rings. The van der Waals surface area contributed by atoms with Gasteiger partial charge in [-0.3, -0.25) is 0 Å². The Morgan fingerprint density at radius 2 is 1.83 bits per heavy atom. The van der Waals surface area contributed by atoms with Gasteiger partial charge >= 0.3 is 0 Å². The lowest BCUT2D eigenvalue weighted by Gasteiger charge is -2.38. The van der Waals surface area contributed by atoms with Gasteiger partial charge in [-0.1, -0.05) is 43.1 Å². The minimum absolute atomic E-state index is 0.0649. The molecule has 1 saturated carbocycles. The molecule has 0 bridgehead atoms. The maximum Gasteiger partial charge on any atom is 0.121 e. The number of hydrogen-bond acceptors (Lipinski definition) is 5. The quantitative estimate of drug-likeness (QED) is 0.171. The molecule has 0 radical (unpaired) electrons. The van der Waals surface area contributed by atoms with Crippen LogP contribution in [-0.4, -0.2) is 68.9 Å². The van der Waals surface area contributed by atoms with Crippen LogP contribution < -0.4 is 5.32 Å². The Hall–Kier alpha value is -1.59. The third-order valence-electron chi connectivity index (χ3n) is 8.62. The van der Waals surface area contributed by atoms with Crippen molar-refractivity contribution in [3.8, 4) is 0 Å². The zero-order valence-electron chi connectivity index (χ0n) is 24.0. The molecule has 0 amide bonds. The van der Waals surface area contributed by atoms with Crippen molar-refractivity contribution in [2.75, 3.05) is 53.4 Å². The van der Waals surface area contributed by atoms with Crippen molar-refractivity contribution in [2.45, 2.75) is 85.0 Å². The molecule has 1 atom stereocenters. The smallest absolute Gasteiger partial charge is 0.121 e. The van der Waals surface area contributed by atoms with E-state index in [4.69, 9.17) is 9.99 Å². The van der Waals surface area contributed by atoms with Crippen molar-refractivity contribution in [3.63, 3.8) is 0 Å². The van der Waals surface area contributed by atoms with E-state index in [1.807, 2.05) is 0 Å². The fourth-order valence-electron chi connectivity index (χ4n) is 5.62. The summed E-state index contributed by atoms with van der Waals surface area (Å²) in [7, 11) is 4.21. The topological polar surface area (TPSA) is 40.1 Å². The van der Waals surface area contributed by atoms with Gasteiger partial charge in [-0.2, -0.15) is 0 Å². The van der Waals surface area contributed by atoms with E-state index in [9.17, 15) is 0 Å². The summed E-state index contributed by atoms with van der Waals surface area (Å²) in [5, 5.41) is 8.40. The highest BCUT2D eigenvalue weighted by molar-refractivity contribution is 5.88. The summed E-state index contributed by atoms with van der Waals surface area (Å²) >= 11 is 0. The molecule has 5 nitrogen and oxygen atoms in total. The van der Waals surface area contributed by atoms with E-state index in [0.717, 1.165) is 51.3 Å². The van der Waals surface area contributed by atoms with E-state index >= 15 is 0 Å². The van der Waals surface area contributed by atoms with E-state index < -0.39 is 0 Å². The molecule has 0 aromatic carbocycles. The Labute approximate surface area is 222 Å². The van der Waals surface area contributed by atoms with Gasteiger partial charge in [-0.25, -0.2) is 0 Å². The highest BCUT2D eigenvalue weighted by Gasteiger charge is 2.37. The molecule has 1 unspecified atom stereocenters. The molecule has 0 spiro atoms. The number of hydrogen-bond donors (Lipinski definition) is 1. The van der Waals surface area contributed by atoms with Gasteiger partial charge in [-0.15, -0.1) is 0 Å². The molecule has 0 aromatic heterocycles. The highest BCUT2D eigenvalue weighted by Crippen LogP contribution is 2.39. The zero-order valence-corrected chi connectivity index (χ0v) is 24.0. The normalized spacial score (nSPS) is 23.2. The number of rotatable bonds is 14. The largest absolute Gasteiger partial charge is 0.395 e. The molecular formula is C31H54N4O. The first kappa shape index (κ1) is 29.0. The van der Waals surface area contributed by atoms with Crippen LogP contribution in [0, 0.1) is 17.3 Å². The minimum atomic E-state index is 0.0649. The molecule has 36 heavy (non-hydrogen) atoms. The van der Waals surface area contributed by atoms with Crippen LogP contribution in [0.2, 0.25) is 0 Å². The molecular weight excluding hydrogens is 444 g/mol. The van der Waals surface area contributed by atoms with E-state index in [0.29, 0.717) is 5.92 Å². The maximum atomic E-state index is 6.17. The number of allylic oxidation sites excluding steroid dienone is 6. The Bertz CT molecular complexity index is 765. The highest BCUT2D eigenvalue weighted by atomic mass is 16.6. The molecule has 2 saturated heterocycles. The monoisotopic (exact) mass is 498 g/mol. The van der Waals surface area contributed by atoms with Crippen LogP contribution in [0.4, 0.5) is 0 Å². The summed E-state index contributed by atoms with van der Waals surface area (Å²) in [6, 6.07) is 0. The van der Waals surface area contributed by atoms with E-state index in [1.54, 1.807) is 0 Å². The van der Waals surface area contributed by atoms with Crippen LogP contribution in [-0.2, 0) is 4.84 Å². The molecule has 5 heteroatoms. The Kier molecular flexibility index (Phi) is 12.1. The molecule has 3 fully saturated rings. The van der Waals surface area contributed by atoms with Gasteiger partial charge in [0.2, 0.25) is 0 Å². The predicted molar refractivity (Wildman–Crippen MR) is 154 cm³/mol. The van der Waals surface area contributed by atoms with Gasteiger partial charge in [0.15, 0.2) is 0 Å². The lowest BCUT2D eigenvalue weighted by Crippen LogP contribution is -2.41. The molecule has 204 valence electrons. The summed E-state index contributed by atoms with van der Waals surface area (Å²) in [6.45, 7) is 13.2. The first-order chi connectivity index (χ1) is 17.4. The van der Waals surface area contributed by atoms with Gasteiger partial charge in [0.05, 0.1) is 5.71 Å². The van der Waals surface area contributed by atoms with Crippen LogP contribution in [0.5, 0.6) is 0 Å². The van der Waals surface area contributed by atoms with Crippen molar-refractivity contribution < 1.29 is 4.84 Å². The second kappa shape index (κ2) is 15.0. The number of likely N-dealkylation sites (tertiary alicyclic amines) is 1. The van der Waals surface area contributed by atoms with E-state index in [1.165, 1.54) is 75.1 Å². The lowest BCUT2D eigenvalue weighted by molar-refractivity contribution is 0.0703. The molecule has 2 aliphatic heterocycles. The standard InChI is InChI=1S/C31H54N4O/c1-6-7-9-12-28(14-13-26(2)34(4)5)23-31(17-19-32-20-18-31)27(3)33-36-25-30(29-15-16-29)24-35-21-10-8-11-22-35/h9,12-14,29-30,32H,6-8,10-11,15-25H2,1-5H3/b12-9+,26-13+,28-14+,33-27+. The van der Waals surface area contributed by atoms with Crippen molar-refractivity contribution >= 4 is 5.71 Å². The Balaban J connectivity index is 1.70. The predicted octanol–water partition coefficient (Wildman–Crippen LogP) is 6.40. The van der Waals surface area contributed by atoms with Crippen LogP contribution in [0.1, 0.15) is 85.0 Å². The summed E-state index contributed by atoms with van der Waals surface area (Å²) in [5.74, 6) is 1.48. The van der Waals surface area contributed by atoms with E-state index in [2.05, 4.69) is 74.3 Å². The lowest BCUT2D eigenvalue weighted by atomic mass is 9.70. The van der Waals surface area contributed by atoms with Crippen LogP contribution in [0.25, 0.3) is 0 Å². The molecule has 1 aliphatic carbocycles. The van der Waals surface area contributed by atoms with Crippen LogP contribution >= 0.6 is 0 Å². The number of piperidine rings is 2. The van der Waals surface area contributed by atoms with Gasteiger partial charge in [0.25, 0.3) is 0 Å². The molecule has 3 aliphatic rings. The van der Waals surface area contributed by atoms with Crippen molar-refractivity contribution in [3.05, 3.63) is 35.6 Å². The number of nitrogens with zero attached hydrogens (tertiary/aromatic N) is 3. The summed E-state index contributed by atoms with van der Waals surface area (Å²) in [4.78, 5) is 11.0. The average molecular weight is 499 g/mol. The van der Waals surface area contributed by atoms with Gasteiger partial charge < -0.3 is 20.0 Å².